The lowest BCUT2D eigenvalue weighted by Gasteiger charge is -2.37. The molecule has 40 heavy (non-hydrogen) atoms. The second-order valence-electron chi connectivity index (χ2n) is 10.3. The van der Waals surface area contributed by atoms with Crippen molar-refractivity contribution in [2.24, 2.45) is 5.92 Å². The zero-order valence-corrected chi connectivity index (χ0v) is 21.3. The fraction of sp³-hybridized carbons (Fsp3) is 0.121. The molecule has 1 spiro atoms. The van der Waals surface area contributed by atoms with E-state index in [1.165, 1.54) is 24.3 Å². The third kappa shape index (κ3) is 3.37. The number of amides is 2. The van der Waals surface area contributed by atoms with Crippen molar-refractivity contribution in [3.8, 4) is 0 Å². The Morgan fingerprint density at radius 1 is 0.850 bits per heavy atom. The van der Waals surface area contributed by atoms with Crippen molar-refractivity contribution in [2.75, 3.05) is 15.5 Å². The predicted octanol–water partition coefficient (Wildman–Crippen LogP) is 5.44. The fourth-order valence-corrected chi connectivity index (χ4v) is 6.65. The number of rotatable bonds is 4. The molecular weight excluding hydrogens is 505 g/mol. The van der Waals surface area contributed by atoms with Crippen LogP contribution < -0.4 is 15.5 Å². The van der Waals surface area contributed by atoms with Crippen LogP contribution in [0.15, 0.2) is 109 Å². The van der Waals surface area contributed by atoms with Crippen molar-refractivity contribution in [3.05, 3.63) is 132 Å². The topological polar surface area (TPSA) is 78.5 Å². The largest absolute Gasteiger partial charge is 0.350 e. The lowest BCUT2D eigenvalue weighted by atomic mass is 9.64. The van der Waals surface area contributed by atoms with Crippen LogP contribution in [0.25, 0.3) is 6.08 Å². The fourth-order valence-electron chi connectivity index (χ4n) is 6.65. The molecule has 4 atom stereocenters. The average molecular weight is 530 g/mol. The molecule has 4 unspecified atom stereocenters. The molecular formula is C33H24FN3O3. The Hall–Kier alpha value is -5.04. The molecule has 4 aromatic carbocycles. The molecule has 196 valence electrons. The van der Waals surface area contributed by atoms with E-state index in [9.17, 15) is 18.8 Å². The summed E-state index contributed by atoms with van der Waals surface area (Å²) in [5, 5.41) is 5.99. The minimum atomic E-state index is -1.41. The van der Waals surface area contributed by atoms with Crippen LogP contribution in [-0.2, 0) is 15.0 Å². The number of ketones is 1. The average Bonchev–Trinajstić information content (AvgIpc) is 3.46. The first-order valence-corrected chi connectivity index (χ1v) is 13.1. The van der Waals surface area contributed by atoms with Crippen LogP contribution >= 0.6 is 0 Å². The zero-order chi connectivity index (χ0) is 27.4. The Labute approximate surface area is 230 Å². The molecule has 2 N–H and O–H groups in total. The highest BCUT2D eigenvalue weighted by Gasteiger charge is 2.70. The Morgan fingerprint density at radius 3 is 2.35 bits per heavy atom. The zero-order valence-electron chi connectivity index (χ0n) is 21.3. The van der Waals surface area contributed by atoms with Crippen molar-refractivity contribution in [3.63, 3.8) is 0 Å². The van der Waals surface area contributed by atoms with Gasteiger partial charge in [0.1, 0.15) is 17.3 Å². The molecule has 7 rings (SSSR count). The van der Waals surface area contributed by atoms with Gasteiger partial charge in [0.05, 0.1) is 12.0 Å². The van der Waals surface area contributed by atoms with Gasteiger partial charge in [0.2, 0.25) is 11.8 Å². The van der Waals surface area contributed by atoms with Crippen LogP contribution in [0, 0.1) is 11.7 Å². The number of halogens is 1. The first-order chi connectivity index (χ1) is 19.5. The molecule has 3 heterocycles. The van der Waals surface area contributed by atoms with Gasteiger partial charge in [0.25, 0.3) is 0 Å². The smallest absolute Gasteiger partial charge is 0.247 e. The molecule has 2 amide bonds. The number of anilines is 3. The molecule has 1 saturated heterocycles. The molecule has 3 aliphatic rings. The number of para-hydroxylation sites is 3. The summed E-state index contributed by atoms with van der Waals surface area (Å²) >= 11 is 0. The second-order valence-corrected chi connectivity index (χ2v) is 10.3. The lowest BCUT2D eigenvalue weighted by Crippen LogP contribution is -2.51. The Kier molecular flexibility index (Phi) is 5.42. The van der Waals surface area contributed by atoms with Gasteiger partial charge in [-0.2, -0.15) is 0 Å². The van der Waals surface area contributed by atoms with E-state index < -0.39 is 40.9 Å². The number of hydrogen-bond donors (Lipinski definition) is 2. The molecule has 6 nitrogen and oxygen atoms in total. The van der Waals surface area contributed by atoms with Gasteiger partial charge in [-0.15, -0.1) is 0 Å². The predicted molar refractivity (Wildman–Crippen MR) is 152 cm³/mol. The van der Waals surface area contributed by atoms with Crippen molar-refractivity contribution < 1.29 is 18.8 Å². The number of carbonyl (C=O) groups is 3. The molecule has 0 radical (unpaired) electrons. The van der Waals surface area contributed by atoms with Crippen LogP contribution in [-0.4, -0.2) is 29.7 Å². The Morgan fingerprint density at radius 2 is 1.55 bits per heavy atom. The monoisotopic (exact) mass is 529 g/mol. The van der Waals surface area contributed by atoms with Crippen LogP contribution in [0.2, 0.25) is 0 Å². The van der Waals surface area contributed by atoms with Gasteiger partial charge in [-0.1, -0.05) is 66.7 Å². The number of carbonyl (C=O) groups excluding carboxylic acids is 3. The minimum absolute atomic E-state index is 0.234. The maximum atomic E-state index is 14.6. The normalized spacial score (nSPS) is 23.8. The summed E-state index contributed by atoms with van der Waals surface area (Å²) in [6.45, 7) is 0. The van der Waals surface area contributed by atoms with E-state index in [0.29, 0.717) is 16.9 Å². The van der Waals surface area contributed by atoms with Gasteiger partial charge in [0.15, 0.2) is 5.78 Å². The number of fused-ring (bicyclic) bond motifs is 6. The summed E-state index contributed by atoms with van der Waals surface area (Å²) in [4.78, 5) is 45.0. The van der Waals surface area contributed by atoms with Crippen molar-refractivity contribution in [1.29, 1.82) is 0 Å². The van der Waals surface area contributed by atoms with Gasteiger partial charge < -0.3 is 15.5 Å². The summed E-state index contributed by atoms with van der Waals surface area (Å²) in [6, 6.07) is 27.6. The molecule has 0 bridgehead atoms. The summed E-state index contributed by atoms with van der Waals surface area (Å²) in [7, 11) is 0. The van der Waals surface area contributed by atoms with E-state index in [1.807, 2.05) is 83.8 Å². The Bertz CT molecular complexity index is 1700. The SMILES string of the molecule is O=C(Nc1ccccc1)C1C(C(=O)c2ccc(F)cc2)C2(C(=O)Nc3ccccc32)C2C=Cc3ccccc3N12. The third-order valence-electron chi connectivity index (χ3n) is 8.26. The van der Waals surface area contributed by atoms with Gasteiger partial charge in [-0.3, -0.25) is 14.4 Å². The number of Topliss-reactive ketones (excluding diaryl/α,β-unsaturated/α-hetero) is 1. The molecule has 4 aromatic rings. The van der Waals surface area contributed by atoms with Crippen LogP contribution in [0.1, 0.15) is 21.5 Å². The highest BCUT2D eigenvalue weighted by Crippen LogP contribution is 2.57. The summed E-state index contributed by atoms with van der Waals surface area (Å²) in [6.07, 6.45) is 3.87. The maximum Gasteiger partial charge on any atom is 0.247 e. The van der Waals surface area contributed by atoms with E-state index in [1.54, 1.807) is 12.1 Å². The standard InChI is InChI=1S/C33H24FN3O3/c34-22-17-14-21(15-18-22)30(38)28-29(31(39)35-23-9-2-1-3-10-23)37-26-13-7-4-8-20(26)16-19-27(37)33(28)24-11-5-6-12-25(24)36-32(33)40/h1-19,27-29H,(H,35,39)(H,36,40). The summed E-state index contributed by atoms with van der Waals surface area (Å²) < 4.78 is 13.9. The highest BCUT2D eigenvalue weighted by atomic mass is 19.1. The first kappa shape index (κ1) is 24.0. The molecule has 0 saturated carbocycles. The van der Waals surface area contributed by atoms with E-state index in [0.717, 1.165) is 11.3 Å². The maximum absolute atomic E-state index is 14.6. The minimum Gasteiger partial charge on any atom is -0.350 e. The summed E-state index contributed by atoms with van der Waals surface area (Å²) in [5.74, 6) is -2.75. The molecule has 0 aromatic heterocycles. The van der Waals surface area contributed by atoms with Crippen LogP contribution in [0.4, 0.5) is 21.5 Å². The van der Waals surface area contributed by atoms with Crippen LogP contribution in [0.5, 0.6) is 0 Å². The van der Waals surface area contributed by atoms with Gasteiger partial charge >= 0.3 is 0 Å². The second kappa shape index (κ2) is 9.02. The molecule has 3 aliphatic heterocycles. The number of benzene rings is 4. The van der Waals surface area contributed by atoms with Crippen molar-refractivity contribution in [2.45, 2.75) is 17.5 Å². The van der Waals surface area contributed by atoms with E-state index in [-0.39, 0.29) is 11.5 Å². The highest BCUT2D eigenvalue weighted by molar-refractivity contribution is 6.17. The third-order valence-corrected chi connectivity index (χ3v) is 8.26. The van der Waals surface area contributed by atoms with Crippen molar-refractivity contribution >= 4 is 40.7 Å². The van der Waals surface area contributed by atoms with Gasteiger partial charge in [-0.25, -0.2) is 4.39 Å². The van der Waals surface area contributed by atoms with Gasteiger partial charge in [0, 0.05) is 22.6 Å². The summed E-state index contributed by atoms with van der Waals surface area (Å²) in [5.41, 5.74) is 2.31. The first-order valence-electron chi connectivity index (χ1n) is 13.1. The lowest BCUT2D eigenvalue weighted by molar-refractivity contribution is -0.122. The Balaban J connectivity index is 1.49. The van der Waals surface area contributed by atoms with E-state index in [2.05, 4.69) is 10.6 Å². The quantitative estimate of drug-likeness (QED) is 0.345. The van der Waals surface area contributed by atoms with E-state index in [4.69, 9.17) is 0 Å². The number of nitrogens with zero attached hydrogens (tertiary/aromatic N) is 1. The van der Waals surface area contributed by atoms with Crippen molar-refractivity contribution in [1.82, 2.24) is 0 Å². The molecule has 0 aliphatic carbocycles. The van der Waals surface area contributed by atoms with Gasteiger partial charge in [-0.05, 0) is 59.7 Å². The molecule has 7 heteroatoms. The van der Waals surface area contributed by atoms with Crippen LogP contribution in [0.3, 0.4) is 0 Å². The molecule has 1 fully saturated rings. The number of hydrogen-bond acceptors (Lipinski definition) is 4. The number of nitrogens with one attached hydrogen (secondary N) is 2. The van der Waals surface area contributed by atoms with E-state index >= 15 is 0 Å².